The Balaban J connectivity index is 2.23. The van der Waals surface area contributed by atoms with E-state index in [4.69, 9.17) is 11.6 Å². The number of benzene rings is 1. The lowest BCUT2D eigenvalue weighted by Gasteiger charge is -2.10. The molecule has 2 rings (SSSR count). The molecule has 1 aromatic heterocycles. The second-order valence-electron chi connectivity index (χ2n) is 4.45. The summed E-state index contributed by atoms with van der Waals surface area (Å²) in [5.74, 6) is 0. The van der Waals surface area contributed by atoms with Crippen molar-refractivity contribution in [3.8, 4) is 10.4 Å². The summed E-state index contributed by atoms with van der Waals surface area (Å²) in [6, 6.07) is 8.79. The molecule has 2 aromatic rings. The largest absolute Gasteiger partial charge is 0.310 e. The third-order valence-corrected chi connectivity index (χ3v) is 4.79. The lowest BCUT2D eigenvalue weighted by Crippen LogP contribution is -2.21. The average Bonchev–Trinajstić information content (AvgIpc) is 2.73. The van der Waals surface area contributed by atoms with Gasteiger partial charge in [0.05, 0.1) is 0 Å². The molecule has 4 heteroatoms. The van der Waals surface area contributed by atoms with Gasteiger partial charge in [0.1, 0.15) is 0 Å². The Labute approximate surface area is 125 Å². The number of hydrogen-bond acceptors (Lipinski definition) is 2. The van der Waals surface area contributed by atoms with Crippen LogP contribution in [-0.4, -0.2) is 6.04 Å². The first-order valence-electron chi connectivity index (χ1n) is 5.83. The molecule has 0 aliphatic heterocycles. The fourth-order valence-electron chi connectivity index (χ4n) is 1.66. The molecule has 0 fully saturated rings. The van der Waals surface area contributed by atoms with E-state index in [0.29, 0.717) is 6.04 Å². The standard InChI is InChI=1S/C14H15BrClNS/c1-9(2)17-8-10-3-4-11(13(16)7-10)14-12(15)5-6-18-14/h3-7,9,17H,8H2,1-2H3. The Morgan fingerprint density at radius 3 is 2.67 bits per heavy atom. The van der Waals surface area contributed by atoms with Crippen LogP contribution >= 0.6 is 38.9 Å². The van der Waals surface area contributed by atoms with Crippen LogP contribution in [0.1, 0.15) is 19.4 Å². The van der Waals surface area contributed by atoms with E-state index in [2.05, 4.69) is 52.6 Å². The maximum Gasteiger partial charge on any atom is 0.0499 e. The quantitative estimate of drug-likeness (QED) is 0.790. The van der Waals surface area contributed by atoms with E-state index < -0.39 is 0 Å². The van der Waals surface area contributed by atoms with Gasteiger partial charge in [0.25, 0.3) is 0 Å². The smallest absolute Gasteiger partial charge is 0.0499 e. The second-order valence-corrected chi connectivity index (χ2v) is 6.63. The fourth-order valence-corrected chi connectivity index (χ4v) is 3.64. The lowest BCUT2D eigenvalue weighted by atomic mass is 10.1. The number of halogens is 2. The minimum absolute atomic E-state index is 0.481. The Bertz CT molecular complexity index is 536. The van der Waals surface area contributed by atoms with Crippen molar-refractivity contribution in [2.24, 2.45) is 0 Å². The zero-order chi connectivity index (χ0) is 13.1. The van der Waals surface area contributed by atoms with E-state index in [1.54, 1.807) is 11.3 Å². The molecule has 0 bridgehead atoms. The van der Waals surface area contributed by atoms with Gasteiger partial charge in [-0.05, 0) is 39.0 Å². The summed E-state index contributed by atoms with van der Waals surface area (Å²) in [6.45, 7) is 5.13. The van der Waals surface area contributed by atoms with Crippen molar-refractivity contribution in [1.29, 1.82) is 0 Å². The van der Waals surface area contributed by atoms with Gasteiger partial charge in [-0.25, -0.2) is 0 Å². The van der Waals surface area contributed by atoms with Crippen molar-refractivity contribution in [2.75, 3.05) is 0 Å². The van der Waals surface area contributed by atoms with Crippen LogP contribution in [0.2, 0.25) is 5.02 Å². The van der Waals surface area contributed by atoms with Gasteiger partial charge in [-0.15, -0.1) is 11.3 Å². The van der Waals surface area contributed by atoms with Crippen molar-refractivity contribution in [3.05, 3.63) is 44.7 Å². The van der Waals surface area contributed by atoms with Crippen molar-refractivity contribution in [2.45, 2.75) is 26.4 Å². The summed E-state index contributed by atoms with van der Waals surface area (Å²) in [6.07, 6.45) is 0. The van der Waals surface area contributed by atoms with Gasteiger partial charge < -0.3 is 5.32 Å². The van der Waals surface area contributed by atoms with Crippen molar-refractivity contribution < 1.29 is 0 Å². The highest BCUT2D eigenvalue weighted by molar-refractivity contribution is 9.10. The van der Waals surface area contributed by atoms with Crippen molar-refractivity contribution in [3.63, 3.8) is 0 Å². The van der Waals surface area contributed by atoms with Gasteiger partial charge in [0.15, 0.2) is 0 Å². The van der Waals surface area contributed by atoms with Crippen LogP contribution in [0.15, 0.2) is 34.1 Å². The van der Waals surface area contributed by atoms with Crippen LogP contribution in [0.5, 0.6) is 0 Å². The Morgan fingerprint density at radius 1 is 1.33 bits per heavy atom. The number of nitrogens with one attached hydrogen (secondary N) is 1. The molecule has 0 atom stereocenters. The number of rotatable bonds is 4. The first kappa shape index (κ1) is 14.1. The monoisotopic (exact) mass is 343 g/mol. The van der Waals surface area contributed by atoms with Gasteiger partial charge in [-0.2, -0.15) is 0 Å². The summed E-state index contributed by atoms with van der Waals surface area (Å²) in [7, 11) is 0. The maximum absolute atomic E-state index is 6.37. The molecule has 0 aliphatic carbocycles. The minimum atomic E-state index is 0.481. The van der Waals surface area contributed by atoms with E-state index in [0.717, 1.165) is 21.6 Å². The molecule has 96 valence electrons. The van der Waals surface area contributed by atoms with E-state index in [-0.39, 0.29) is 0 Å². The third-order valence-electron chi connectivity index (χ3n) is 2.61. The second kappa shape index (κ2) is 6.20. The topological polar surface area (TPSA) is 12.0 Å². The third kappa shape index (κ3) is 3.35. The van der Waals surface area contributed by atoms with Crippen LogP contribution in [0.3, 0.4) is 0 Å². The van der Waals surface area contributed by atoms with Gasteiger partial charge in [-0.3, -0.25) is 0 Å². The van der Waals surface area contributed by atoms with Crippen LogP contribution in [-0.2, 0) is 6.54 Å². The average molecular weight is 345 g/mol. The highest BCUT2D eigenvalue weighted by Gasteiger charge is 2.09. The number of hydrogen-bond donors (Lipinski definition) is 1. The van der Waals surface area contributed by atoms with E-state index >= 15 is 0 Å². The molecule has 1 heterocycles. The molecular weight excluding hydrogens is 330 g/mol. The molecule has 0 saturated heterocycles. The zero-order valence-corrected chi connectivity index (χ0v) is 13.5. The molecule has 0 radical (unpaired) electrons. The summed E-state index contributed by atoms with van der Waals surface area (Å²) in [5.41, 5.74) is 2.30. The van der Waals surface area contributed by atoms with Crippen LogP contribution < -0.4 is 5.32 Å². The SMILES string of the molecule is CC(C)NCc1ccc(-c2sccc2Br)c(Cl)c1. The number of thiophene rings is 1. The molecule has 1 N–H and O–H groups in total. The Hall–Kier alpha value is -0.350. The summed E-state index contributed by atoms with van der Waals surface area (Å²) >= 11 is 11.6. The highest BCUT2D eigenvalue weighted by Crippen LogP contribution is 2.37. The first-order valence-corrected chi connectivity index (χ1v) is 7.88. The normalized spacial score (nSPS) is 11.2. The van der Waals surface area contributed by atoms with Crippen molar-refractivity contribution in [1.82, 2.24) is 5.32 Å². The first-order chi connectivity index (χ1) is 8.58. The van der Waals surface area contributed by atoms with Gasteiger partial charge in [0, 0.05) is 32.5 Å². The van der Waals surface area contributed by atoms with E-state index in [9.17, 15) is 0 Å². The maximum atomic E-state index is 6.37. The molecule has 0 aliphatic rings. The van der Waals surface area contributed by atoms with Crippen LogP contribution in [0.4, 0.5) is 0 Å². The Kier molecular flexibility index (Phi) is 4.84. The molecule has 0 saturated carbocycles. The van der Waals surface area contributed by atoms with E-state index in [1.165, 1.54) is 10.4 Å². The predicted octanol–water partition coefficient (Wildman–Crippen LogP) is 5.33. The summed E-state index contributed by atoms with van der Waals surface area (Å²) < 4.78 is 1.10. The molecule has 1 aromatic carbocycles. The van der Waals surface area contributed by atoms with Gasteiger partial charge in [0.2, 0.25) is 0 Å². The van der Waals surface area contributed by atoms with Gasteiger partial charge >= 0.3 is 0 Å². The molecule has 0 amide bonds. The van der Waals surface area contributed by atoms with Gasteiger partial charge in [-0.1, -0.05) is 37.6 Å². The zero-order valence-electron chi connectivity index (χ0n) is 10.3. The molecular formula is C14H15BrClNS. The highest BCUT2D eigenvalue weighted by atomic mass is 79.9. The summed E-state index contributed by atoms with van der Waals surface area (Å²) in [4.78, 5) is 1.18. The Morgan fingerprint density at radius 2 is 2.11 bits per heavy atom. The molecule has 0 unspecified atom stereocenters. The van der Waals surface area contributed by atoms with Crippen molar-refractivity contribution >= 4 is 38.9 Å². The minimum Gasteiger partial charge on any atom is -0.310 e. The molecule has 1 nitrogen and oxygen atoms in total. The molecule has 18 heavy (non-hydrogen) atoms. The van der Waals surface area contributed by atoms with E-state index in [1.807, 2.05) is 12.1 Å². The fraction of sp³-hybridized carbons (Fsp3) is 0.286. The summed E-state index contributed by atoms with van der Waals surface area (Å²) in [5, 5.41) is 6.26. The van der Waals surface area contributed by atoms with Crippen LogP contribution in [0, 0.1) is 0 Å². The predicted molar refractivity (Wildman–Crippen MR) is 84.4 cm³/mol. The van der Waals surface area contributed by atoms with Crippen LogP contribution in [0.25, 0.3) is 10.4 Å². The molecule has 0 spiro atoms. The lowest BCUT2D eigenvalue weighted by molar-refractivity contribution is 0.589.